The molecule has 130 valence electrons. The number of fused-ring (bicyclic) bond motifs is 3. The van der Waals surface area contributed by atoms with Gasteiger partial charge in [0.1, 0.15) is 12.8 Å². The van der Waals surface area contributed by atoms with E-state index < -0.39 is 4.92 Å². The fourth-order valence-corrected chi connectivity index (χ4v) is 2.76. The lowest BCUT2D eigenvalue weighted by atomic mass is 10.2. The highest BCUT2D eigenvalue weighted by atomic mass is 16.6. The van der Waals surface area contributed by atoms with Crippen LogP contribution in [0.4, 0.5) is 5.82 Å². The van der Waals surface area contributed by atoms with Crippen molar-refractivity contribution in [3.63, 3.8) is 0 Å². The van der Waals surface area contributed by atoms with Crippen molar-refractivity contribution in [3.8, 4) is 5.75 Å². The number of aromatic nitrogens is 5. The van der Waals surface area contributed by atoms with E-state index in [4.69, 9.17) is 4.74 Å². The van der Waals surface area contributed by atoms with Crippen molar-refractivity contribution in [2.24, 2.45) is 7.05 Å². The van der Waals surface area contributed by atoms with Gasteiger partial charge in [0, 0.05) is 7.05 Å². The van der Waals surface area contributed by atoms with Crippen LogP contribution in [0.5, 0.6) is 5.75 Å². The lowest BCUT2D eigenvalue weighted by molar-refractivity contribution is -0.390. The first-order valence-corrected chi connectivity index (χ1v) is 7.62. The molecule has 3 heterocycles. The Kier molecular flexibility index (Phi) is 3.57. The second kappa shape index (κ2) is 5.92. The first-order chi connectivity index (χ1) is 12.6. The number of hydrogen-bond donors (Lipinski definition) is 0. The molecule has 4 rings (SSSR count). The van der Waals surface area contributed by atoms with Crippen LogP contribution in [-0.4, -0.2) is 29.1 Å². The molecule has 0 aliphatic carbocycles. The summed E-state index contributed by atoms with van der Waals surface area (Å²) in [7, 11) is 1.61. The lowest BCUT2D eigenvalue weighted by Gasteiger charge is -2.08. The molecule has 10 heteroatoms. The zero-order valence-corrected chi connectivity index (χ0v) is 13.6. The third kappa shape index (κ3) is 2.35. The van der Waals surface area contributed by atoms with Crippen LogP contribution < -0.4 is 10.3 Å². The zero-order chi connectivity index (χ0) is 18.3. The fraction of sp³-hybridized carbons (Fsp3) is 0.125. The first-order valence-electron chi connectivity index (χ1n) is 7.62. The van der Waals surface area contributed by atoms with Gasteiger partial charge in [-0.05, 0) is 34.2 Å². The largest absolute Gasteiger partial charge is 0.477 e. The van der Waals surface area contributed by atoms with E-state index in [1.54, 1.807) is 41.8 Å². The van der Waals surface area contributed by atoms with Crippen molar-refractivity contribution in [3.05, 3.63) is 68.9 Å². The summed E-state index contributed by atoms with van der Waals surface area (Å²) in [5.41, 5.74) is 0.450. The quantitative estimate of drug-likeness (QED) is 0.403. The molecule has 1 aromatic carbocycles. The van der Waals surface area contributed by atoms with Gasteiger partial charge in [0.2, 0.25) is 11.5 Å². The SMILES string of the molecule is Cn1c(=O)c2ccccc2n2c(COc3cccnc3[N+](=O)[O-])nnc12. The number of nitrogens with zero attached hydrogens (tertiary/aromatic N) is 6. The molecule has 0 amide bonds. The molecular weight excluding hydrogens is 340 g/mol. The summed E-state index contributed by atoms with van der Waals surface area (Å²) < 4.78 is 8.64. The van der Waals surface area contributed by atoms with Crippen LogP contribution in [-0.2, 0) is 13.7 Å². The van der Waals surface area contributed by atoms with Gasteiger partial charge in [0.25, 0.3) is 5.56 Å². The second-order valence-electron chi connectivity index (χ2n) is 5.50. The van der Waals surface area contributed by atoms with E-state index >= 15 is 0 Å². The summed E-state index contributed by atoms with van der Waals surface area (Å²) in [5.74, 6) is 0.417. The number of pyridine rings is 1. The first kappa shape index (κ1) is 15.7. The average Bonchev–Trinajstić information content (AvgIpc) is 3.09. The molecule has 10 nitrogen and oxygen atoms in total. The van der Waals surface area contributed by atoms with Crippen LogP contribution in [0.1, 0.15) is 5.82 Å². The lowest BCUT2D eigenvalue weighted by Crippen LogP contribution is -2.20. The van der Waals surface area contributed by atoms with Crippen LogP contribution in [0.3, 0.4) is 0 Å². The Morgan fingerprint density at radius 3 is 2.81 bits per heavy atom. The minimum atomic E-state index is -0.615. The van der Waals surface area contributed by atoms with E-state index in [-0.39, 0.29) is 23.7 Å². The summed E-state index contributed by atoms with van der Waals surface area (Å²) in [4.78, 5) is 26.6. The van der Waals surface area contributed by atoms with E-state index in [1.807, 2.05) is 0 Å². The zero-order valence-electron chi connectivity index (χ0n) is 13.6. The van der Waals surface area contributed by atoms with Crippen LogP contribution in [0.2, 0.25) is 0 Å². The molecule has 0 spiro atoms. The predicted molar refractivity (Wildman–Crippen MR) is 91.0 cm³/mol. The number of rotatable bonds is 4. The highest BCUT2D eigenvalue weighted by Gasteiger charge is 2.18. The minimum absolute atomic E-state index is 0.0309. The Morgan fingerprint density at radius 2 is 2.00 bits per heavy atom. The van der Waals surface area contributed by atoms with Crippen LogP contribution in [0, 0.1) is 10.1 Å². The molecule has 0 unspecified atom stereocenters. The van der Waals surface area contributed by atoms with E-state index in [0.717, 1.165) is 0 Å². The Balaban J connectivity index is 1.82. The molecular formula is C16H12N6O4. The number of hydrogen-bond acceptors (Lipinski definition) is 7. The molecule has 4 aromatic rings. The molecule has 0 N–H and O–H groups in total. The van der Waals surface area contributed by atoms with Gasteiger partial charge in [-0.2, -0.15) is 0 Å². The number of aryl methyl sites for hydroxylation is 1. The fourth-order valence-electron chi connectivity index (χ4n) is 2.76. The highest BCUT2D eigenvalue weighted by molar-refractivity contribution is 5.80. The van der Waals surface area contributed by atoms with Gasteiger partial charge >= 0.3 is 5.82 Å². The van der Waals surface area contributed by atoms with E-state index in [9.17, 15) is 14.9 Å². The van der Waals surface area contributed by atoms with Crippen molar-refractivity contribution in [1.82, 2.24) is 24.1 Å². The Hall–Kier alpha value is -3.82. The number of para-hydroxylation sites is 1. The smallest absolute Gasteiger partial charge is 0.406 e. The van der Waals surface area contributed by atoms with Crippen molar-refractivity contribution >= 4 is 22.5 Å². The van der Waals surface area contributed by atoms with Gasteiger partial charge in [0.15, 0.2) is 5.82 Å². The third-order valence-corrected chi connectivity index (χ3v) is 3.97. The molecule has 26 heavy (non-hydrogen) atoms. The van der Waals surface area contributed by atoms with Crippen molar-refractivity contribution < 1.29 is 9.66 Å². The van der Waals surface area contributed by atoms with Crippen molar-refractivity contribution in [1.29, 1.82) is 0 Å². The van der Waals surface area contributed by atoms with Gasteiger partial charge < -0.3 is 14.9 Å². The molecule has 0 fully saturated rings. The number of benzene rings is 1. The molecule has 0 radical (unpaired) electrons. The van der Waals surface area contributed by atoms with Gasteiger partial charge in [-0.1, -0.05) is 12.1 Å². The van der Waals surface area contributed by atoms with Gasteiger partial charge in [-0.25, -0.2) is 0 Å². The van der Waals surface area contributed by atoms with Crippen LogP contribution in [0.15, 0.2) is 47.4 Å². The van der Waals surface area contributed by atoms with Crippen molar-refractivity contribution in [2.75, 3.05) is 0 Å². The molecule has 0 saturated heterocycles. The van der Waals surface area contributed by atoms with Crippen molar-refractivity contribution in [2.45, 2.75) is 6.61 Å². The molecule has 0 saturated carbocycles. The monoisotopic (exact) mass is 352 g/mol. The normalized spacial score (nSPS) is 11.1. The molecule has 3 aromatic heterocycles. The van der Waals surface area contributed by atoms with Gasteiger partial charge in [0.05, 0.1) is 10.9 Å². The van der Waals surface area contributed by atoms with Crippen LogP contribution >= 0.6 is 0 Å². The topological polar surface area (TPSA) is 117 Å². The molecule has 0 atom stereocenters. The number of ether oxygens (including phenoxy) is 1. The highest BCUT2D eigenvalue weighted by Crippen LogP contribution is 2.24. The Morgan fingerprint density at radius 1 is 1.19 bits per heavy atom. The average molecular weight is 352 g/mol. The van der Waals surface area contributed by atoms with E-state index in [2.05, 4.69) is 15.2 Å². The standard InChI is InChI=1S/C16H12N6O4/c1-20-15(23)10-5-2-3-6-11(10)21-13(18-19-16(20)21)9-26-12-7-4-8-17-14(12)22(24)25/h2-8H,9H2,1H3. The Labute approximate surface area is 145 Å². The van der Waals surface area contributed by atoms with Gasteiger partial charge in [-0.15, -0.1) is 10.2 Å². The summed E-state index contributed by atoms with van der Waals surface area (Å²) in [6.45, 7) is -0.0735. The minimum Gasteiger partial charge on any atom is -0.477 e. The second-order valence-corrected chi connectivity index (χ2v) is 5.50. The maximum Gasteiger partial charge on any atom is 0.406 e. The van der Waals surface area contributed by atoms with Crippen LogP contribution in [0.25, 0.3) is 16.7 Å². The summed E-state index contributed by atoms with van der Waals surface area (Å²) in [5, 5.41) is 19.7. The van der Waals surface area contributed by atoms with E-state index in [1.165, 1.54) is 16.8 Å². The van der Waals surface area contributed by atoms with Gasteiger partial charge in [-0.3, -0.25) is 13.8 Å². The molecule has 0 bridgehead atoms. The Bertz CT molecular complexity index is 1210. The van der Waals surface area contributed by atoms with E-state index in [0.29, 0.717) is 22.5 Å². The molecule has 0 aliphatic heterocycles. The maximum absolute atomic E-state index is 12.4. The summed E-state index contributed by atoms with van der Waals surface area (Å²) in [6.07, 6.45) is 1.32. The third-order valence-electron chi connectivity index (χ3n) is 3.97. The summed E-state index contributed by atoms with van der Waals surface area (Å²) >= 11 is 0. The predicted octanol–water partition coefficient (Wildman–Crippen LogP) is 1.46. The summed E-state index contributed by atoms with van der Waals surface area (Å²) in [6, 6.07) is 10.1. The molecule has 0 aliphatic rings. The maximum atomic E-state index is 12.4. The number of nitro groups is 1.